The fourth-order valence-corrected chi connectivity index (χ4v) is 3.22. The highest BCUT2D eigenvalue weighted by molar-refractivity contribution is 5.97. The standard InChI is InChI=1S/C17H25N3O4/c1-13-6-3-4-10-19(13)11-5-9-18-17(21)15-12-14(20(22)23)7-8-16(15)24-2/h7-8,12-13H,3-6,9-11H2,1-2H3,(H,18,21)/p+1/t13-/m1/s1. The Hall–Kier alpha value is -2.15. The van der Waals surface area contributed by atoms with Crippen molar-refractivity contribution < 1.29 is 19.4 Å². The maximum absolute atomic E-state index is 12.3. The molecule has 0 saturated carbocycles. The lowest BCUT2D eigenvalue weighted by atomic mass is 10.0. The van der Waals surface area contributed by atoms with Gasteiger partial charge in [0.05, 0.1) is 36.7 Å². The summed E-state index contributed by atoms with van der Waals surface area (Å²) in [6.07, 6.45) is 4.75. The first-order chi connectivity index (χ1) is 11.5. The summed E-state index contributed by atoms with van der Waals surface area (Å²) in [5, 5.41) is 13.7. The lowest BCUT2D eigenvalue weighted by Gasteiger charge is -2.30. The van der Waals surface area contributed by atoms with Crippen LogP contribution in [0.4, 0.5) is 5.69 Å². The number of quaternary nitrogens is 1. The minimum Gasteiger partial charge on any atom is -0.496 e. The van der Waals surface area contributed by atoms with Gasteiger partial charge >= 0.3 is 0 Å². The van der Waals surface area contributed by atoms with Crippen LogP contribution in [-0.4, -0.2) is 43.6 Å². The van der Waals surface area contributed by atoms with Gasteiger partial charge in [-0.05, 0) is 32.3 Å². The molecule has 0 aromatic heterocycles. The maximum Gasteiger partial charge on any atom is 0.270 e. The molecule has 1 amide bonds. The van der Waals surface area contributed by atoms with Gasteiger partial charge < -0.3 is 15.0 Å². The molecule has 1 aliphatic rings. The number of ether oxygens (including phenoxy) is 1. The van der Waals surface area contributed by atoms with E-state index in [-0.39, 0.29) is 17.2 Å². The van der Waals surface area contributed by atoms with Gasteiger partial charge in [-0.2, -0.15) is 0 Å². The highest BCUT2D eigenvalue weighted by Gasteiger charge is 2.21. The van der Waals surface area contributed by atoms with Gasteiger partial charge in [0.15, 0.2) is 0 Å². The van der Waals surface area contributed by atoms with Crippen LogP contribution in [0, 0.1) is 10.1 Å². The zero-order valence-corrected chi connectivity index (χ0v) is 14.3. The van der Waals surface area contributed by atoms with E-state index < -0.39 is 4.92 Å². The normalized spacial score (nSPS) is 20.4. The monoisotopic (exact) mass is 336 g/mol. The van der Waals surface area contributed by atoms with E-state index in [1.54, 1.807) is 4.90 Å². The molecule has 1 aliphatic heterocycles. The summed E-state index contributed by atoms with van der Waals surface area (Å²) in [6, 6.07) is 4.72. The first kappa shape index (κ1) is 18.2. The summed E-state index contributed by atoms with van der Waals surface area (Å²) in [4.78, 5) is 24.2. The number of nitrogens with zero attached hydrogens (tertiary/aromatic N) is 1. The number of non-ortho nitro benzene ring substituents is 1. The Morgan fingerprint density at radius 3 is 2.92 bits per heavy atom. The summed E-state index contributed by atoms with van der Waals surface area (Å²) >= 11 is 0. The molecule has 1 fully saturated rings. The van der Waals surface area contributed by atoms with Crippen molar-refractivity contribution in [2.75, 3.05) is 26.7 Å². The smallest absolute Gasteiger partial charge is 0.270 e. The molecule has 2 rings (SSSR count). The molecule has 1 heterocycles. The number of piperidine rings is 1. The first-order valence-electron chi connectivity index (χ1n) is 8.48. The van der Waals surface area contributed by atoms with Gasteiger partial charge in [-0.3, -0.25) is 14.9 Å². The molecule has 2 N–H and O–H groups in total. The van der Waals surface area contributed by atoms with Gasteiger partial charge in [0.1, 0.15) is 5.75 Å². The molecule has 0 bridgehead atoms. The van der Waals surface area contributed by atoms with Gasteiger partial charge in [-0.15, -0.1) is 0 Å². The Kier molecular flexibility index (Phi) is 6.54. The van der Waals surface area contributed by atoms with Gasteiger partial charge in [0.2, 0.25) is 0 Å². The molecule has 0 radical (unpaired) electrons. The molecule has 7 nitrogen and oxygen atoms in total. The number of nitro groups is 1. The first-order valence-corrected chi connectivity index (χ1v) is 8.48. The average Bonchev–Trinajstić information content (AvgIpc) is 2.59. The quantitative estimate of drug-likeness (QED) is 0.445. The third kappa shape index (κ3) is 4.67. The lowest BCUT2D eigenvalue weighted by Crippen LogP contribution is -3.16. The molecule has 1 aromatic rings. The fraction of sp³-hybridized carbons (Fsp3) is 0.588. The molecule has 132 valence electrons. The number of hydrogen-bond acceptors (Lipinski definition) is 4. The number of methoxy groups -OCH3 is 1. The molecule has 7 heteroatoms. The summed E-state index contributed by atoms with van der Waals surface area (Å²) in [7, 11) is 1.44. The predicted octanol–water partition coefficient (Wildman–Crippen LogP) is 1.18. The highest BCUT2D eigenvalue weighted by Crippen LogP contribution is 2.23. The lowest BCUT2D eigenvalue weighted by molar-refractivity contribution is -0.928. The highest BCUT2D eigenvalue weighted by atomic mass is 16.6. The molecule has 2 atom stereocenters. The van der Waals surface area contributed by atoms with E-state index in [2.05, 4.69) is 12.2 Å². The van der Waals surface area contributed by atoms with Crippen LogP contribution < -0.4 is 15.0 Å². The molecule has 1 aromatic carbocycles. The van der Waals surface area contributed by atoms with E-state index in [4.69, 9.17) is 4.74 Å². The fourth-order valence-electron chi connectivity index (χ4n) is 3.22. The molecule has 0 aliphatic carbocycles. The van der Waals surface area contributed by atoms with E-state index in [9.17, 15) is 14.9 Å². The van der Waals surface area contributed by atoms with Gasteiger partial charge in [-0.1, -0.05) is 0 Å². The van der Waals surface area contributed by atoms with Crippen molar-refractivity contribution in [1.82, 2.24) is 5.32 Å². The Balaban J connectivity index is 1.87. The Morgan fingerprint density at radius 2 is 2.25 bits per heavy atom. The van der Waals surface area contributed by atoms with Crippen LogP contribution in [0.5, 0.6) is 5.75 Å². The zero-order valence-electron chi connectivity index (χ0n) is 14.3. The second-order valence-corrected chi connectivity index (χ2v) is 6.31. The van der Waals surface area contributed by atoms with Crippen molar-refractivity contribution in [1.29, 1.82) is 0 Å². The Bertz CT molecular complexity index is 591. The van der Waals surface area contributed by atoms with Crippen LogP contribution >= 0.6 is 0 Å². The van der Waals surface area contributed by atoms with E-state index >= 15 is 0 Å². The van der Waals surface area contributed by atoms with Crippen molar-refractivity contribution in [3.63, 3.8) is 0 Å². The van der Waals surface area contributed by atoms with Gasteiger partial charge in [0, 0.05) is 25.1 Å². The number of likely N-dealkylation sites (tertiary alicyclic amines) is 1. The number of nitrogens with one attached hydrogen (secondary N) is 2. The SMILES string of the molecule is COc1ccc([N+](=O)[O-])cc1C(=O)NCCC[NH+]1CCCC[C@H]1C. The second-order valence-electron chi connectivity index (χ2n) is 6.31. The van der Waals surface area contributed by atoms with Crippen LogP contribution in [-0.2, 0) is 0 Å². The van der Waals surface area contributed by atoms with E-state index in [1.165, 1.54) is 51.1 Å². The average molecular weight is 336 g/mol. The minimum absolute atomic E-state index is 0.118. The van der Waals surface area contributed by atoms with E-state index in [1.807, 2.05) is 0 Å². The number of rotatable bonds is 7. The van der Waals surface area contributed by atoms with Crippen molar-refractivity contribution in [3.05, 3.63) is 33.9 Å². The number of carbonyl (C=O) groups excluding carboxylic acids is 1. The minimum atomic E-state index is -0.517. The largest absolute Gasteiger partial charge is 0.496 e. The van der Waals surface area contributed by atoms with Crippen molar-refractivity contribution in [3.8, 4) is 5.75 Å². The Labute approximate surface area is 142 Å². The van der Waals surface area contributed by atoms with Crippen molar-refractivity contribution >= 4 is 11.6 Å². The number of carbonyl (C=O) groups is 1. The van der Waals surface area contributed by atoms with Crippen LogP contribution in [0.1, 0.15) is 43.0 Å². The number of benzene rings is 1. The van der Waals surface area contributed by atoms with Gasteiger partial charge in [-0.25, -0.2) is 0 Å². The van der Waals surface area contributed by atoms with E-state index in [0.717, 1.165) is 13.0 Å². The Morgan fingerprint density at radius 1 is 1.46 bits per heavy atom. The third-order valence-corrected chi connectivity index (χ3v) is 4.68. The van der Waals surface area contributed by atoms with Gasteiger partial charge in [0.25, 0.3) is 11.6 Å². The topological polar surface area (TPSA) is 85.9 Å². The molecule has 0 spiro atoms. The summed E-state index contributed by atoms with van der Waals surface area (Å²) in [5.74, 6) is 0.00520. The van der Waals surface area contributed by atoms with Crippen molar-refractivity contribution in [2.24, 2.45) is 0 Å². The van der Waals surface area contributed by atoms with Crippen LogP contribution in [0.2, 0.25) is 0 Å². The zero-order chi connectivity index (χ0) is 17.5. The third-order valence-electron chi connectivity index (χ3n) is 4.68. The number of hydrogen-bond donors (Lipinski definition) is 2. The molecule has 1 unspecified atom stereocenters. The van der Waals surface area contributed by atoms with Crippen LogP contribution in [0.15, 0.2) is 18.2 Å². The number of amides is 1. The predicted molar refractivity (Wildman–Crippen MR) is 90.6 cm³/mol. The van der Waals surface area contributed by atoms with E-state index in [0.29, 0.717) is 18.3 Å². The molecular weight excluding hydrogens is 310 g/mol. The summed E-state index contributed by atoms with van der Waals surface area (Å²) in [6.45, 7) is 5.07. The maximum atomic E-state index is 12.3. The summed E-state index contributed by atoms with van der Waals surface area (Å²) in [5.41, 5.74) is 0.0814. The summed E-state index contributed by atoms with van der Waals surface area (Å²) < 4.78 is 5.13. The van der Waals surface area contributed by atoms with Crippen LogP contribution in [0.3, 0.4) is 0 Å². The van der Waals surface area contributed by atoms with Crippen LogP contribution in [0.25, 0.3) is 0 Å². The molecule has 24 heavy (non-hydrogen) atoms. The van der Waals surface area contributed by atoms with Crippen molar-refractivity contribution in [2.45, 2.75) is 38.6 Å². The molecular formula is C17H26N3O4+. The second kappa shape index (κ2) is 8.63. The molecule has 1 saturated heterocycles. The number of nitro benzene ring substituents is 1.